The summed E-state index contributed by atoms with van der Waals surface area (Å²) < 4.78 is 6.47. The van der Waals surface area contributed by atoms with Gasteiger partial charge in [0.25, 0.3) is 0 Å². The van der Waals surface area contributed by atoms with E-state index < -0.39 is 5.97 Å². The van der Waals surface area contributed by atoms with Gasteiger partial charge >= 0.3 is 5.97 Å². The average molecular weight is 482 g/mol. The van der Waals surface area contributed by atoms with Crippen LogP contribution in [0, 0.1) is 17.8 Å². The zero-order valence-corrected chi connectivity index (χ0v) is 20.8. The Balaban J connectivity index is 1.33. The highest BCUT2D eigenvalue weighted by molar-refractivity contribution is 5.66. The smallest absolute Gasteiger partial charge is 0.303 e. The number of carboxylic acids is 1. The molecule has 36 heavy (non-hydrogen) atoms. The maximum atomic E-state index is 10.8. The number of aliphatic carboxylic acids is 1. The molecule has 2 fully saturated rings. The number of fused-ring (bicyclic) bond motifs is 2. The predicted molar refractivity (Wildman–Crippen MR) is 143 cm³/mol. The summed E-state index contributed by atoms with van der Waals surface area (Å²) in [6.45, 7) is 0.702. The van der Waals surface area contributed by atoms with E-state index in [1.165, 1.54) is 36.0 Å². The molecule has 1 N–H and O–H groups in total. The Morgan fingerprint density at radius 1 is 1.00 bits per heavy atom. The third kappa shape index (κ3) is 5.09. The van der Waals surface area contributed by atoms with Crippen LogP contribution in [-0.2, 0) is 10.2 Å². The summed E-state index contributed by atoms with van der Waals surface area (Å²) in [5, 5.41) is 8.92. The average Bonchev–Trinajstić information content (AvgIpc) is 3.52. The van der Waals surface area contributed by atoms with E-state index in [2.05, 4.69) is 84.0 Å². The molecule has 0 amide bonds. The van der Waals surface area contributed by atoms with Gasteiger partial charge in [0.15, 0.2) is 0 Å². The molecule has 186 valence electrons. The molecule has 1 heterocycles. The van der Waals surface area contributed by atoms with E-state index in [-0.39, 0.29) is 11.8 Å². The second kappa shape index (κ2) is 11.1. The maximum Gasteiger partial charge on any atom is 0.303 e. The minimum atomic E-state index is -0.725. The minimum absolute atomic E-state index is 0.0183. The molecule has 2 saturated carbocycles. The van der Waals surface area contributed by atoms with Crippen molar-refractivity contribution in [1.82, 2.24) is 4.98 Å². The number of carboxylic acid groups (broad SMARTS) is 1. The van der Waals surface area contributed by atoms with Crippen LogP contribution in [0.3, 0.4) is 0 Å². The van der Waals surface area contributed by atoms with Crippen LogP contribution >= 0.6 is 0 Å². The van der Waals surface area contributed by atoms with Gasteiger partial charge < -0.3 is 9.84 Å². The Morgan fingerprint density at radius 3 is 2.56 bits per heavy atom. The standard InChI is InChI=1S/C32H35NO3/c34-31(35)12-6-1-2-7-19-32(28-11-8-20-33-22-28)27-16-13-26(21-27)30(32)23-36-29-17-14-25(15-18-29)24-9-4-3-5-10-24/h2-5,7-11,14-15,17-18,20,22,26-27,30H,1,6,12-13,16,19,21,23H2,(H,34,35)/b7-2-/t26-,27+,30+,32-/m0/s1. The fourth-order valence-electron chi connectivity index (χ4n) is 6.71. The monoisotopic (exact) mass is 481 g/mol. The number of ether oxygens (including phenoxy) is 1. The number of pyridine rings is 1. The third-order valence-corrected chi connectivity index (χ3v) is 8.41. The molecular weight excluding hydrogens is 446 g/mol. The zero-order valence-electron chi connectivity index (χ0n) is 20.8. The Labute approximate surface area is 214 Å². The Morgan fingerprint density at radius 2 is 1.81 bits per heavy atom. The predicted octanol–water partition coefficient (Wildman–Crippen LogP) is 7.31. The van der Waals surface area contributed by atoms with Gasteiger partial charge in [0.2, 0.25) is 0 Å². The van der Waals surface area contributed by atoms with Crippen molar-refractivity contribution in [2.24, 2.45) is 17.8 Å². The van der Waals surface area contributed by atoms with Gasteiger partial charge in [-0.1, -0.05) is 60.7 Å². The Bertz CT molecular complexity index is 1160. The summed E-state index contributed by atoms with van der Waals surface area (Å²) in [5.74, 6) is 1.92. The molecule has 2 bridgehead atoms. The van der Waals surface area contributed by atoms with Gasteiger partial charge in [-0.2, -0.15) is 0 Å². The Hall–Kier alpha value is -3.40. The molecule has 5 rings (SSSR count). The number of nitrogens with zero attached hydrogens (tertiary/aromatic N) is 1. The van der Waals surface area contributed by atoms with E-state index in [1.54, 1.807) is 0 Å². The molecule has 2 aliphatic carbocycles. The van der Waals surface area contributed by atoms with Crippen LogP contribution in [0.4, 0.5) is 0 Å². The molecule has 0 radical (unpaired) electrons. The first-order valence-electron chi connectivity index (χ1n) is 13.2. The summed E-state index contributed by atoms with van der Waals surface area (Å²) in [4.78, 5) is 15.3. The van der Waals surface area contributed by atoms with Crippen LogP contribution < -0.4 is 4.74 Å². The molecular formula is C32H35NO3. The number of unbranched alkanes of at least 4 members (excludes halogenated alkanes) is 1. The number of aromatic nitrogens is 1. The highest BCUT2D eigenvalue weighted by Crippen LogP contribution is 2.62. The minimum Gasteiger partial charge on any atom is -0.493 e. The van der Waals surface area contributed by atoms with Crippen molar-refractivity contribution in [3.63, 3.8) is 0 Å². The van der Waals surface area contributed by atoms with Gasteiger partial charge in [-0.05, 0) is 85.3 Å². The molecule has 4 nitrogen and oxygen atoms in total. The van der Waals surface area contributed by atoms with Crippen molar-refractivity contribution < 1.29 is 14.6 Å². The molecule has 0 unspecified atom stereocenters. The summed E-state index contributed by atoms with van der Waals surface area (Å²) in [5.41, 5.74) is 3.74. The highest BCUT2D eigenvalue weighted by atomic mass is 16.5. The number of hydrogen-bond acceptors (Lipinski definition) is 3. The second-order valence-corrected chi connectivity index (χ2v) is 10.3. The van der Waals surface area contributed by atoms with Gasteiger partial charge in [0.1, 0.15) is 5.75 Å². The largest absolute Gasteiger partial charge is 0.493 e. The lowest BCUT2D eigenvalue weighted by Gasteiger charge is -2.44. The summed E-state index contributed by atoms with van der Waals surface area (Å²) >= 11 is 0. The number of hydrogen-bond donors (Lipinski definition) is 1. The summed E-state index contributed by atoms with van der Waals surface area (Å²) in [6.07, 6.45) is 14.8. The van der Waals surface area contributed by atoms with Crippen LogP contribution in [-0.4, -0.2) is 22.7 Å². The number of rotatable bonds is 11. The SMILES string of the molecule is O=C(O)CCC/C=C\C[C@@]1(c2cccnc2)[C@@H]2CC[C@@H](C2)[C@H]1COc1ccc(-c2ccccc2)cc1. The second-order valence-electron chi connectivity index (χ2n) is 10.3. The molecule has 4 heteroatoms. The van der Waals surface area contributed by atoms with Crippen molar-refractivity contribution in [2.75, 3.05) is 6.61 Å². The van der Waals surface area contributed by atoms with Gasteiger partial charge in [-0.25, -0.2) is 0 Å². The van der Waals surface area contributed by atoms with Crippen molar-refractivity contribution in [2.45, 2.75) is 50.4 Å². The molecule has 0 spiro atoms. The van der Waals surface area contributed by atoms with E-state index in [4.69, 9.17) is 9.84 Å². The first-order chi connectivity index (χ1) is 17.7. The van der Waals surface area contributed by atoms with E-state index >= 15 is 0 Å². The van der Waals surface area contributed by atoms with Crippen LogP contribution in [0.15, 0.2) is 91.3 Å². The van der Waals surface area contributed by atoms with Crippen LogP contribution in [0.5, 0.6) is 5.75 Å². The van der Waals surface area contributed by atoms with Crippen molar-refractivity contribution in [3.8, 4) is 16.9 Å². The first-order valence-corrected chi connectivity index (χ1v) is 13.2. The molecule has 3 aromatic rings. The van der Waals surface area contributed by atoms with Crippen molar-refractivity contribution >= 4 is 5.97 Å². The van der Waals surface area contributed by atoms with E-state index in [1.807, 2.05) is 12.3 Å². The van der Waals surface area contributed by atoms with Crippen LogP contribution in [0.2, 0.25) is 0 Å². The van der Waals surface area contributed by atoms with Gasteiger partial charge in [-0.3, -0.25) is 9.78 Å². The van der Waals surface area contributed by atoms with Crippen molar-refractivity contribution in [1.29, 1.82) is 0 Å². The normalized spacial score (nSPS) is 24.8. The summed E-state index contributed by atoms with van der Waals surface area (Å²) in [6, 6.07) is 23.2. The van der Waals surface area contributed by atoms with E-state index in [9.17, 15) is 4.79 Å². The van der Waals surface area contributed by atoms with Gasteiger partial charge in [-0.15, -0.1) is 0 Å². The summed E-state index contributed by atoms with van der Waals surface area (Å²) in [7, 11) is 0. The third-order valence-electron chi connectivity index (χ3n) is 8.41. The van der Waals surface area contributed by atoms with Crippen LogP contribution in [0.25, 0.3) is 11.1 Å². The maximum absolute atomic E-state index is 10.8. The number of carbonyl (C=O) groups is 1. The molecule has 0 aliphatic heterocycles. The fraction of sp³-hybridized carbons (Fsp3) is 0.375. The lowest BCUT2D eigenvalue weighted by atomic mass is 9.61. The van der Waals surface area contributed by atoms with E-state index in [0.29, 0.717) is 30.8 Å². The lowest BCUT2D eigenvalue weighted by molar-refractivity contribution is -0.137. The molecule has 2 aromatic carbocycles. The number of benzene rings is 2. The lowest BCUT2D eigenvalue weighted by Crippen LogP contribution is -2.43. The molecule has 2 aliphatic rings. The Kier molecular flexibility index (Phi) is 7.50. The van der Waals surface area contributed by atoms with Crippen LogP contribution in [0.1, 0.15) is 50.5 Å². The van der Waals surface area contributed by atoms with Gasteiger partial charge in [0, 0.05) is 30.1 Å². The van der Waals surface area contributed by atoms with Crippen molar-refractivity contribution in [3.05, 3.63) is 96.8 Å². The van der Waals surface area contributed by atoms with Gasteiger partial charge in [0.05, 0.1) is 6.61 Å². The molecule has 1 aromatic heterocycles. The fourth-order valence-corrected chi connectivity index (χ4v) is 6.71. The molecule has 4 atom stereocenters. The van der Waals surface area contributed by atoms with E-state index in [0.717, 1.165) is 18.6 Å². The highest BCUT2D eigenvalue weighted by Gasteiger charge is 2.58. The number of allylic oxidation sites excluding steroid dienone is 2. The quantitative estimate of drug-likeness (QED) is 0.230. The topological polar surface area (TPSA) is 59.4 Å². The molecule has 0 saturated heterocycles. The first kappa shape index (κ1) is 24.3. The zero-order chi connectivity index (χ0) is 24.8.